The zero-order valence-electron chi connectivity index (χ0n) is 10.6. The highest BCUT2D eigenvalue weighted by Crippen LogP contribution is 2.31. The van der Waals surface area contributed by atoms with E-state index in [2.05, 4.69) is 10.2 Å². The van der Waals surface area contributed by atoms with Gasteiger partial charge in [0, 0.05) is 25.0 Å². The summed E-state index contributed by atoms with van der Waals surface area (Å²) in [4.78, 5) is 16.8. The molecule has 2 fully saturated rings. The Kier molecular flexibility index (Phi) is 3.99. The summed E-state index contributed by atoms with van der Waals surface area (Å²) in [6.07, 6.45) is 4.68. The van der Waals surface area contributed by atoms with E-state index in [1.807, 2.05) is 19.0 Å². The number of fused-ring (bicyclic) bond motifs is 1. The van der Waals surface area contributed by atoms with Gasteiger partial charge in [-0.05, 0) is 26.9 Å². The molecule has 1 aliphatic heterocycles. The number of hydrogen-bond donors (Lipinski definition) is 1. The topological polar surface area (TPSA) is 35.6 Å². The first-order valence-corrected chi connectivity index (χ1v) is 6.76. The molecule has 0 aromatic heterocycles. The predicted molar refractivity (Wildman–Crippen MR) is 72.1 cm³/mol. The number of likely N-dealkylation sites (N-methyl/N-ethyl adjacent to an activating group) is 1. The highest BCUT2D eigenvalue weighted by molar-refractivity contribution is 7.80. The second-order valence-corrected chi connectivity index (χ2v) is 5.69. The Morgan fingerprint density at radius 3 is 2.82 bits per heavy atom. The van der Waals surface area contributed by atoms with E-state index in [9.17, 15) is 4.79 Å². The number of carbonyl (C=O) groups excluding carboxylic acids is 1. The molecule has 0 aromatic rings. The van der Waals surface area contributed by atoms with Crippen molar-refractivity contribution in [1.29, 1.82) is 0 Å². The molecule has 1 aliphatic carbocycles. The number of carbonyl (C=O) groups is 1. The van der Waals surface area contributed by atoms with E-state index in [1.165, 1.54) is 12.8 Å². The maximum atomic E-state index is 12.0. The second kappa shape index (κ2) is 5.31. The van der Waals surface area contributed by atoms with Crippen molar-refractivity contribution >= 4 is 23.2 Å². The molecule has 1 N–H and O–H groups in total. The van der Waals surface area contributed by atoms with E-state index in [-0.39, 0.29) is 6.03 Å². The lowest BCUT2D eigenvalue weighted by Crippen LogP contribution is -2.61. The standard InChI is InChI=1S/C12H21N3OS/c1-14(2)7-8-15-10-6-4-3-5-9(10)11(17)13-12(15)16/h9-10H,3-8H2,1-2H3,(H,13,16,17). The minimum Gasteiger partial charge on any atom is -0.320 e. The van der Waals surface area contributed by atoms with Gasteiger partial charge < -0.3 is 15.1 Å². The van der Waals surface area contributed by atoms with Gasteiger partial charge in [0.05, 0.1) is 4.99 Å². The third-order valence-electron chi connectivity index (χ3n) is 3.75. The largest absolute Gasteiger partial charge is 0.322 e. The van der Waals surface area contributed by atoms with Crippen molar-refractivity contribution < 1.29 is 4.79 Å². The van der Waals surface area contributed by atoms with Crippen LogP contribution in [-0.4, -0.2) is 54.0 Å². The van der Waals surface area contributed by atoms with Crippen molar-refractivity contribution in [3.8, 4) is 0 Å². The molecule has 0 radical (unpaired) electrons. The molecule has 1 saturated heterocycles. The van der Waals surface area contributed by atoms with E-state index in [1.54, 1.807) is 0 Å². The van der Waals surface area contributed by atoms with Crippen molar-refractivity contribution in [3.63, 3.8) is 0 Å². The van der Waals surface area contributed by atoms with Crippen molar-refractivity contribution in [2.45, 2.75) is 31.7 Å². The van der Waals surface area contributed by atoms with E-state index < -0.39 is 0 Å². The van der Waals surface area contributed by atoms with Crippen LogP contribution in [0.25, 0.3) is 0 Å². The molecule has 2 amide bonds. The Morgan fingerprint density at radius 2 is 2.12 bits per heavy atom. The maximum absolute atomic E-state index is 12.0. The lowest BCUT2D eigenvalue weighted by molar-refractivity contribution is 0.126. The summed E-state index contributed by atoms with van der Waals surface area (Å²) in [5, 5.41) is 2.85. The number of nitrogens with zero attached hydrogens (tertiary/aromatic N) is 2. The van der Waals surface area contributed by atoms with Gasteiger partial charge in [-0.3, -0.25) is 0 Å². The lowest BCUT2D eigenvalue weighted by Gasteiger charge is -2.44. The van der Waals surface area contributed by atoms with Crippen molar-refractivity contribution in [3.05, 3.63) is 0 Å². The fourth-order valence-corrected chi connectivity index (χ4v) is 3.15. The fourth-order valence-electron chi connectivity index (χ4n) is 2.79. The minimum atomic E-state index is 0. The van der Waals surface area contributed by atoms with E-state index in [0.29, 0.717) is 12.0 Å². The van der Waals surface area contributed by atoms with Crippen LogP contribution in [0, 0.1) is 5.92 Å². The number of hydrogen-bond acceptors (Lipinski definition) is 3. The van der Waals surface area contributed by atoms with Gasteiger partial charge in [0.25, 0.3) is 0 Å². The van der Waals surface area contributed by atoms with Crippen molar-refractivity contribution in [1.82, 2.24) is 15.1 Å². The minimum absolute atomic E-state index is 0. The van der Waals surface area contributed by atoms with Gasteiger partial charge in [-0.25, -0.2) is 4.79 Å². The van der Waals surface area contributed by atoms with Gasteiger partial charge >= 0.3 is 6.03 Å². The first-order valence-electron chi connectivity index (χ1n) is 6.36. The number of urea groups is 1. The van der Waals surface area contributed by atoms with Crippen molar-refractivity contribution in [2.75, 3.05) is 27.2 Å². The van der Waals surface area contributed by atoms with E-state index in [4.69, 9.17) is 12.2 Å². The molecule has 5 heteroatoms. The molecule has 0 aromatic carbocycles. The van der Waals surface area contributed by atoms with Gasteiger partial charge in [-0.15, -0.1) is 0 Å². The summed E-state index contributed by atoms with van der Waals surface area (Å²) < 4.78 is 0. The average Bonchev–Trinajstić information content (AvgIpc) is 2.28. The third-order valence-corrected chi connectivity index (χ3v) is 4.15. The average molecular weight is 255 g/mol. The molecule has 2 rings (SSSR count). The second-order valence-electron chi connectivity index (χ2n) is 5.25. The maximum Gasteiger partial charge on any atom is 0.322 e. The van der Waals surface area contributed by atoms with Crippen LogP contribution in [0.4, 0.5) is 4.79 Å². The SMILES string of the molecule is CN(C)CCN1C(=O)NC(=S)C2CCCCC21. The molecular weight excluding hydrogens is 234 g/mol. The first-order chi connectivity index (χ1) is 8.09. The molecule has 2 atom stereocenters. The zero-order chi connectivity index (χ0) is 12.4. The Hall–Kier alpha value is -0.680. The fraction of sp³-hybridized carbons (Fsp3) is 0.833. The molecule has 2 aliphatic rings. The smallest absolute Gasteiger partial charge is 0.320 e. The van der Waals surface area contributed by atoms with Crippen LogP contribution in [0.3, 0.4) is 0 Å². The molecule has 96 valence electrons. The molecule has 2 unspecified atom stereocenters. The van der Waals surface area contributed by atoms with Crippen LogP contribution in [0.2, 0.25) is 0 Å². The van der Waals surface area contributed by atoms with Gasteiger partial charge in [0.2, 0.25) is 0 Å². The van der Waals surface area contributed by atoms with Crippen LogP contribution in [0.1, 0.15) is 25.7 Å². The van der Waals surface area contributed by atoms with Gasteiger partial charge in [-0.2, -0.15) is 0 Å². The molecule has 1 saturated carbocycles. The van der Waals surface area contributed by atoms with Gasteiger partial charge in [-0.1, -0.05) is 25.1 Å². The first kappa shape index (κ1) is 12.8. The highest BCUT2D eigenvalue weighted by Gasteiger charge is 2.39. The van der Waals surface area contributed by atoms with E-state index in [0.717, 1.165) is 30.9 Å². The Balaban J connectivity index is 2.06. The Bertz CT molecular complexity index is 319. The zero-order valence-corrected chi connectivity index (χ0v) is 11.4. The summed E-state index contributed by atoms with van der Waals surface area (Å²) in [6.45, 7) is 1.70. The summed E-state index contributed by atoms with van der Waals surface area (Å²) in [5.74, 6) is 0.388. The highest BCUT2D eigenvalue weighted by atomic mass is 32.1. The number of amides is 2. The molecule has 0 bridgehead atoms. The molecular formula is C12H21N3OS. The van der Waals surface area contributed by atoms with Crippen LogP contribution in [0.5, 0.6) is 0 Å². The Labute approximate surface area is 108 Å². The van der Waals surface area contributed by atoms with E-state index >= 15 is 0 Å². The predicted octanol–water partition coefficient (Wildman–Crippen LogP) is 1.46. The number of thiocarbonyl (C=S) groups is 1. The van der Waals surface area contributed by atoms with Crippen LogP contribution < -0.4 is 5.32 Å². The summed E-state index contributed by atoms with van der Waals surface area (Å²) in [7, 11) is 4.07. The summed E-state index contributed by atoms with van der Waals surface area (Å²) in [6, 6.07) is 0.338. The molecule has 1 heterocycles. The normalized spacial score (nSPS) is 29.2. The van der Waals surface area contributed by atoms with Crippen molar-refractivity contribution in [2.24, 2.45) is 5.92 Å². The molecule has 4 nitrogen and oxygen atoms in total. The summed E-state index contributed by atoms with van der Waals surface area (Å²) in [5.41, 5.74) is 0. The Morgan fingerprint density at radius 1 is 1.41 bits per heavy atom. The summed E-state index contributed by atoms with van der Waals surface area (Å²) >= 11 is 5.30. The van der Waals surface area contributed by atoms with Crippen LogP contribution in [-0.2, 0) is 0 Å². The third kappa shape index (κ3) is 2.77. The van der Waals surface area contributed by atoms with Gasteiger partial charge in [0.15, 0.2) is 0 Å². The van der Waals surface area contributed by atoms with Crippen LogP contribution in [0.15, 0.2) is 0 Å². The number of rotatable bonds is 3. The molecule has 17 heavy (non-hydrogen) atoms. The molecule has 0 spiro atoms. The van der Waals surface area contributed by atoms with Crippen LogP contribution >= 0.6 is 12.2 Å². The van der Waals surface area contributed by atoms with Gasteiger partial charge in [0.1, 0.15) is 0 Å². The lowest BCUT2D eigenvalue weighted by atomic mass is 9.82. The number of nitrogens with one attached hydrogen (secondary N) is 1. The quantitative estimate of drug-likeness (QED) is 0.776. The monoisotopic (exact) mass is 255 g/mol.